The van der Waals surface area contributed by atoms with Gasteiger partial charge in [-0.3, -0.25) is 4.79 Å². The van der Waals surface area contributed by atoms with Gasteiger partial charge in [0, 0.05) is 30.2 Å². The van der Waals surface area contributed by atoms with Crippen LogP contribution < -0.4 is 5.32 Å². The first kappa shape index (κ1) is 19.8. The molecule has 2 heterocycles. The summed E-state index contributed by atoms with van der Waals surface area (Å²) in [6.45, 7) is 0.838. The summed E-state index contributed by atoms with van der Waals surface area (Å²) >= 11 is 5.98. The van der Waals surface area contributed by atoms with Crippen molar-refractivity contribution in [2.45, 2.75) is 13.1 Å². The predicted octanol–water partition coefficient (Wildman–Crippen LogP) is 4.65. The molecule has 1 amide bonds. The molecule has 0 spiro atoms. The summed E-state index contributed by atoms with van der Waals surface area (Å²) in [5, 5.41) is 3.59. The zero-order valence-corrected chi connectivity index (χ0v) is 17.0. The monoisotopic (exact) mass is 422 g/mol. The van der Waals surface area contributed by atoms with Crippen molar-refractivity contribution >= 4 is 34.6 Å². The normalized spacial score (nSPS) is 10.9. The molecule has 0 atom stereocenters. The minimum absolute atomic E-state index is 0.215. The molecule has 4 aromatic rings. The van der Waals surface area contributed by atoms with E-state index in [9.17, 15) is 9.59 Å². The topological polar surface area (TPSA) is 73.5 Å². The number of aromatic nitrogens is 1. The third-order valence-electron chi connectivity index (χ3n) is 4.84. The largest absolute Gasteiger partial charge is 0.465 e. The van der Waals surface area contributed by atoms with Crippen molar-refractivity contribution < 1.29 is 18.7 Å². The Labute approximate surface area is 178 Å². The third-order valence-corrected chi connectivity index (χ3v) is 5.09. The number of nitrogens with zero attached hydrogens (tertiary/aromatic N) is 1. The SMILES string of the molecule is COC(=O)c1ccc(CNC(=O)c2cc3occc3n2Cc2ccc(Cl)cc2)cc1. The molecule has 4 rings (SSSR count). The van der Waals surface area contributed by atoms with Gasteiger partial charge in [-0.25, -0.2) is 4.79 Å². The Morgan fingerprint density at radius 2 is 1.73 bits per heavy atom. The van der Waals surface area contributed by atoms with Crippen LogP contribution in [0.5, 0.6) is 0 Å². The number of methoxy groups -OCH3 is 1. The van der Waals surface area contributed by atoms with Gasteiger partial charge in [0.05, 0.1) is 24.5 Å². The first-order valence-corrected chi connectivity index (χ1v) is 9.69. The van der Waals surface area contributed by atoms with Crippen LogP contribution in [-0.4, -0.2) is 23.6 Å². The number of fused-ring (bicyclic) bond motifs is 1. The lowest BCUT2D eigenvalue weighted by Crippen LogP contribution is -2.25. The molecule has 2 aromatic heterocycles. The van der Waals surface area contributed by atoms with Crippen LogP contribution in [0.15, 0.2) is 71.3 Å². The zero-order chi connectivity index (χ0) is 21.1. The van der Waals surface area contributed by atoms with E-state index in [0.29, 0.717) is 35.0 Å². The lowest BCUT2D eigenvalue weighted by atomic mass is 10.1. The molecule has 6 nitrogen and oxygen atoms in total. The van der Waals surface area contributed by atoms with E-state index in [1.54, 1.807) is 36.6 Å². The standard InChI is InChI=1S/C23H19ClN2O4/c1-29-23(28)17-6-2-15(3-7-17)13-25-22(27)20-12-21-19(10-11-30-21)26(20)14-16-4-8-18(24)9-5-16/h2-12H,13-14H2,1H3,(H,25,27). The van der Waals surface area contributed by atoms with Gasteiger partial charge < -0.3 is 19.0 Å². The number of rotatable bonds is 6. The molecule has 0 unspecified atom stereocenters. The number of ether oxygens (including phenoxy) is 1. The summed E-state index contributed by atoms with van der Waals surface area (Å²) < 4.78 is 12.1. The zero-order valence-electron chi connectivity index (χ0n) is 16.2. The van der Waals surface area contributed by atoms with Crippen LogP contribution in [0.3, 0.4) is 0 Å². The van der Waals surface area contributed by atoms with Crippen molar-refractivity contribution in [3.05, 3.63) is 94.3 Å². The van der Waals surface area contributed by atoms with Gasteiger partial charge in [0.1, 0.15) is 5.69 Å². The number of nitrogens with one attached hydrogen (secondary N) is 1. The van der Waals surface area contributed by atoms with E-state index in [4.69, 9.17) is 20.8 Å². The number of furan rings is 1. The van der Waals surface area contributed by atoms with Gasteiger partial charge in [0.25, 0.3) is 5.91 Å². The summed E-state index contributed by atoms with van der Waals surface area (Å²) in [6, 6.07) is 18.0. The number of hydrogen-bond donors (Lipinski definition) is 1. The van der Waals surface area contributed by atoms with E-state index in [0.717, 1.165) is 16.6 Å². The quantitative estimate of drug-likeness (QED) is 0.459. The molecule has 0 aliphatic rings. The summed E-state index contributed by atoms with van der Waals surface area (Å²) in [4.78, 5) is 24.4. The maximum atomic E-state index is 12.9. The average molecular weight is 423 g/mol. The highest BCUT2D eigenvalue weighted by molar-refractivity contribution is 6.30. The number of carbonyl (C=O) groups excluding carboxylic acids is 2. The van der Waals surface area contributed by atoms with E-state index in [-0.39, 0.29) is 5.91 Å². The van der Waals surface area contributed by atoms with Crippen LogP contribution in [0, 0.1) is 0 Å². The number of carbonyl (C=O) groups is 2. The van der Waals surface area contributed by atoms with Crippen molar-refractivity contribution in [1.29, 1.82) is 0 Å². The van der Waals surface area contributed by atoms with E-state index >= 15 is 0 Å². The van der Waals surface area contributed by atoms with Crippen molar-refractivity contribution in [2.24, 2.45) is 0 Å². The summed E-state index contributed by atoms with van der Waals surface area (Å²) in [7, 11) is 1.34. The van der Waals surface area contributed by atoms with Gasteiger partial charge in [-0.15, -0.1) is 0 Å². The number of benzene rings is 2. The minimum Gasteiger partial charge on any atom is -0.465 e. The first-order valence-electron chi connectivity index (χ1n) is 9.32. The molecule has 152 valence electrons. The Hall–Kier alpha value is -3.51. The van der Waals surface area contributed by atoms with E-state index < -0.39 is 5.97 Å². The Balaban J connectivity index is 1.52. The van der Waals surface area contributed by atoms with Crippen molar-refractivity contribution in [1.82, 2.24) is 9.88 Å². The second-order valence-corrected chi connectivity index (χ2v) is 7.22. The van der Waals surface area contributed by atoms with Crippen molar-refractivity contribution in [2.75, 3.05) is 7.11 Å². The van der Waals surface area contributed by atoms with Crippen LogP contribution in [0.4, 0.5) is 0 Å². The fourth-order valence-electron chi connectivity index (χ4n) is 3.26. The lowest BCUT2D eigenvalue weighted by molar-refractivity contribution is 0.0600. The van der Waals surface area contributed by atoms with Gasteiger partial charge in [0.2, 0.25) is 0 Å². The molecule has 2 aromatic carbocycles. The smallest absolute Gasteiger partial charge is 0.337 e. The number of esters is 1. The Kier molecular flexibility index (Phi) is 5.59. The van der Waals surface area contributed by atoms with E-state index in [1.165, 1.54) is 7.11 Å². The maximum Gasteiger partial charge on any atom is 0.337 e. The van der Waals surface area contributed by atoms with Gasteiger partial charge >= 0.3 is 5.97 Å². The molecule has 0 bridgehead atoms. The highest BCUT2D eigenvalue weighted by atomic mass is 35.5. The Bertz CT molecular complexity index is 1190. The maximum absolute atomic E-state index is 12.9. The number of halogens is 1. The first-order chi connectivity index (χ1) is 14.5. The molecule has 7 heteroatoms. The Morgan fingerprint density at radius 3 is 2.43 bits per heavy atom. The van der Waals surface area contributed by atoms with Crippen LogP contribution in [0.2, 0.25) is 5.02 Å². The number of amides is 1. The third kappa shape index (κ3) is 4.09. The molecular weight excluding hydrogens is 404 g/mol. The molecular formula is C23H19ClN2O4. The van der Waals surface area contributed by atoms with Crippen LogP contribution >= 0.6 is 11.6 Å². The molecule has 0 fully saturated rings. The highest BCUT2D eigenvalue weighted by Crippen LogP contribution is 2.23. The lowest BCUT2D eigenvalue weighted by Gasteiger charge is -2.11. The summed E-state index contributed by atoms with van der Waals surface area (Å²) in [5.74, 6) is -0.611. The molecule has 0 saturated heterocycles. The Morgan fingerprint density at radius 1 is 1.03 bits per heavy atom. The van der Waals surface area contributed by atoms with Gasteiger partial charge in [0.15, 0.2) is 5.58 Å². The fraction of sp³-hybridized carbons (Fsp3) is 0.130. The van der Waals surface area contributed by atoms with E-state index in [2.05, 4.69) is 5.32 Å². The average Bonchev–Trinajstić information content (AvgIpc) is 3.36. The second kappa shape index (κ2) is 8.47. The molecule has 30 heavy (non-hydrogen) atoms. The minimum atomic E-state index is -0.395. The highest BCUT2D eigenvalue weighted by Gasteiger charge is 2.18. The summed E-state index contributed by atoms with van der Waals surface area (Å²) in [5.41, 5.74) is 4.35. The molecule has 1 N–H and O–H groups in total. The van der Waals surface area contributed by atoms with Crippen LogP contribution in [0.25, 0.3) is 11.1 Å². The van der Waals surface area contributed by atoms with Gasteiger partial charge in [-0.1, -0.05) is 35.9 Å². The van der Waals surface area contributed by atoms with Crippen LogP contribution in [0.1, 0.15) is 32.0 Å². The predicted molar refractivity (Wildman–Crippen MR) is 114 cm³/mol. The molecule has 0 aliphatic carbocycles. The fourth-order valence-corrected chi connectivity index (χ4v) is 3.38. The van der Waals surface area contributed by atoms with E-state index in [1.807, 2.05) is 34.9 Å². The van der Waals surface area contributed by atoms with Crippen molar-refractivity contribution in [3.63, 3.8) is 0 Å². The molecule has 0 radical (unpaired) electrons. The number of hydrogen-bond acceptors (Lipinski definition) is 4. The van der Waals surface area contributed by atoms with Crippen LogP contribution in [-0.2, 0) is 17.8 Å². The van der Waals surface area contributed by atoms with Gasteiger partial charge in [-0.05, 0) is 35.4 Å². The van der Waals surface area contributed by atoms with Gasteiger partial charge in [-0.2, -0.15) is 0 Å². The van der Waals surface area contributed by atoms with Crippen molar-refractivity contribution in [3.8, 4) is 0 Å². The summed E-state index contributed by atoms with van der Waals surface area (Å²) in [6.07, 6.45) is 1.60. The molecule has 0 aliphatic heterocycles. The second-order valence-electron chi connectivity index (χ2n) is 6.78. The molecule has 0 saturated carbocycles.